The van der Waals surface area contributed by atoms with Crippen molar-refractivity contribution in [3.05, 3.63) is 34.9 Å². The van der Waals surface area contributed by atoms with E-state index in [0.717, 1.165) is 5.56 Å². The Bertz CT molecular complexity index is 281. The average Bonchev–Trinajstić information content (AvgIpc) is 2.16. The van der Waals surface area contributed by atoms with Crippen LogP contribution in [0.3, 0.4) is 0 Å². The number of rotatable bonds is 3. The molecule has 0 atom stereocenters. The zero-order chi connectivity index (χ0) is 9.84. The zero-order valence-electron chi connectivity index (χ0n) is 8.18. The molecule has 0 fully saturated rings. The van der Waals surface area contributed by atoms with Crippen LogP contribution in [0.4, 0.5) is 4.39 Å². The summed E-state index contributed by atoms with van der Waals surface area (Å²) in [5.74, 6) is 0.471. The summed E-state index contributed by atoms with van der Waals surface area (Å²) >= 11 is 0. The van der Waals surface area contributed by atoms with Crippen LogP contribution >= 0.6 is 0 Å². The van der Waals surface area contributed by atoms with Gasteiger partial charge >= 0.3 is 0 Å². The molecule has 0 aromatic heterocycles. The molecule has 2 N–H and O–H groups in total. The summed E-state index contributed by atoms with van der Waals surface area (Å²) in [6, 6.07) is 5.80. The number of benzene rings is 1. The lowest BCUT2D eigenvalue weighted by molar-refractivity contribution is 0.482. The van der Waals surface area contributed by atoms with Crippen molar-refractivity contribution in [3.63, 3.8) is 0 Å². The average molecular weight is 181 g/mol. The van der Waals surface area contributed by atoms with Crippen LogP contribution in [0, 0.1) is 0 Å². The molecule has 0 aliphatic carbocycles. The van der Waals surface area contributed by atoms with Gasteiger partial charge in [-0.25, -0.2) is 4.39 Å². The fourth-order valence-corrected chi connectivity index (χ4v) is 1.33. The third-order valence-electron chi connectivity index (χ3n) is 2.26. The van der Waals surface area contributed by atoms with Gasteiger partial charge in [0.1, 0.15) is 6.67 Å². The topological polar surface area (TPSA) is 26.0 Å². The van der Waals surface area contributed by atoms with Gasteiger partial charge in [0.25, 0.3) is 0 Å². The van der Waals surface area contributed by atoms with Gasteiger partial charge in [-0.2, -0.15) is 0 Å². The molecule has 2 heteroatoms. The largest absolute Gasteiger partial charge is 0.326 e. The van der Waals surface area contributed by atoms with Gasteiger partial charge < -0.3 is 5.73 Å². The molecule has 0 amide bonds. The smallest absolute Gasteiger partial charge is 0.115 e. The molecule has 0 radical (unpaired) electrons. The molecule has 1 nitrogen and oxygen atoms in total. The van der Waals surface area contributed by atoms with E-state index < -0.39 is 6.67 Å². The van der Waals surface area contributed by atoms with E-state index in [2.05, 4.69) is 13.8 Å². The molecule has 1 aromatic rings. The van der Waals surface area contributed by atoms with Crippen molar-refractivity contribution >= 4 is 0 Å². The van der Waals surface area contributed by atoms with Crippen molar-refractivity contribution in [1.29, 1.82) is 0 Å². The first-order valence-corrected chi connectivity index (χ1v) is 4.56. The molecule has 0 saturated heterocycles. The normalized spacial score (nSPS) is 10.8. The first kappa shape index (κ1) is 10.2. The lowest BCUT2D eigenvalue weighted by atomic mass is 9.98. The van der Waals surface area contributed by atoms with E-state index in [-0.39, 0.29) is 0 Å². The van der Waals surface area contributed by atoms with E-state index in [1.807, 2.05) is 18.2 Å². The molecule has 0 aliphatic rings. The first-order chi connectivity index (χ1) is 6.19. The minimum Gasteiger partial charge on any atom is -0.326 e. The molecular weight excluding hydrogens is 165 g/mol. The summed E-state index contributed by atoms with van der Waals surface area (Å²) in [5.41, 5.74) is 8.39. The summed E-state index contributed by atoms with van der Waals surface area (Å²) in [5, 5.41) is 0. The Hall–Kier alpha value is -0.890. The molecule has 0 spiro atoms. The Kier molecular flexibility index (Phi) is 3.43. The van der Waals surface area contributed by atoms with Gasteiger partial charge in [0.05, 0.1) is 0 Å². The van der Waals surface area contributed by atoms with Crippen molar-refractivity contribution < 1.29 is 4.39 Å². The molecule has 72 valence electrons. The van der Waals surface area contributed by atoms with Gasteiger partial charge in [-0.3, -0.25) is 0 Å². The minimum atomic E-state index is -0.426. The quantitative estimate of drug-likeness (QED) is 0.762. The zero-order valence-corrected chi connectivity index (χ0v) is 8.18. The van der Waals surface area contributed by atoms with Crippen LogP contribution in [-0.2, 0) is 13.2 Å². The molecule has 0 saturated carbocycles. The van der Waals surface area contributed by atoms with E-state index in [1.54, 1.807) is 0 Å². The Labute approximate surface area is 78.8 Å². The van der Waals surface area contributed by atoms with Gasteiger partial charge in [0.15, 0.2) is 0 Å². The predicted molar refractivity (Wildman–Crippen MR) is 53.2 cm³/mol. The summed E-state index contributed by atoms with van der Waals surface area (Å²) in [6.45, 7) is 4.22. The molecule has 13 heavy (non-hydrogen) atoms. The summed E-state index contributed by atoms with van der Waals surface area (Å²) in [4.78, 5) is 0. The maximum absolute atomic E-state index is 12.5. The van der Waals surface area contributed by atoms with E-state index in [1.165, 1.54) is 5.56 Å². The molecular formula is C11H16FN. The van der Waals surface area contributed by atoms with Gasteiger partial charge in [-0.1, -0.05) is 32.0 Å². The standard InChI is InChI=1S/C11H16FN/c1-8(2)9-3-4-10(6-12)11(5-9)7-13/h3-5,8H,6-7,13H2,1-2H3. The Morgan fingerprint density at radius 3 is 2.46 bits per heavy atom. The highest BCUT2D eigenvalue weighted by Gasteiger charge is 2.04. The number of alkyl halides is 1. The number of nitrogens with two attached hydrogens (primary N) is 1. The fraction of sp³-hybridized carbons (Fsp3) is 0.455. The number of hydrogen-bond acceptors (Lipinski definition) is 1. The maximum Gasteiger partial charge on any atom is 0.115 e. The van der Waals surface area contributed by atoms with Crippen LogP contribution in [0.25, 0.3) is 0 Å². The van der Waals surface area contributed by atoms with Crippen molar-refractivity contribution in [2.45, 2.75) is 33.0 Å². The Balaban J connectivity index is 3.05. The Morgan fingerprint density at radius 1 is 1.31 bits per heavy atom. The van der Waals surface area contributed by atoms with E-state index in [0.29, 0.717) is 18.0 Å². The van der Waals surface area contributed by atoms with Crippen molar-refractivity contribution in [1.82, 2.24) is 0 Å². The summed E-state index contributed by atoms with van der Waals surface area (Å²) in [7, 11) is 0. The van der Waals surface area contributed by atoms with Crippen molar-refractivity contribution in [3.8, 4) is 0 Å². The second-order valence-electron chi connectivity index (χ2n) is 3.52. The van der Waals surface area contributed by atoms with Gasteiger partial charge in [0, 0.05) is 6.54 Å². The maximum atomic E-state index is 12.5. The van der Waals surface area contributed by atoms with Crippen LogP contribution in [0.5, 0.6) is 0 Å². The van der Waals surface area contributed by atoms with Crippen LogP contribution in [0.2, 0.25) is 0 Å². The number of hydrogen-bond donors (Lipinski definition) is 1. The third kappa shape index (κ3) is 2.28. The first-order valence-electron chi connectivity index (χ1n) is 4.56. The van der Waals surface area contributed by atoms with Crippen LogP contribution < -0.4 is 5.73 Å². The molecule has 1 rings (SSSR count). The van der Waals surface area contributed by atoms with E-state index >= 15 is 0 Å². The molecule has 0 bridgehead atoms. The van der Waals surface area contributed by atoms with Gasteiger partial charge in [-0.15, -0.1) is 0 Å². The molecule has 0 heterocycles. The SMILES string of the molecule is CC(C)c1ccc(CF)c(CN)c1. The number of halogens is 1. The van der Waals surface area contributed by atoms with Crippen molar-refractivity contribution in [2.24, 2.45) is 5.73 Å². The predicted octanol–water partition coefficient (Wildman–Crippen LogP) is 2.74. The highest BCUT2D eigenvalue weighted by molar-refractivity contribution is 5.33. The van der Waals surface area contributed by atoms with Crippen LogP contribution in [0.1, 0.15) is 36.5 Å². The second kappa shape index (κ2) is 4.38. The van der Waals surface area contributed by atoms with Crippen LogP contribution in [0.15, 0.2) is 18.2 Å². The van der Waals surface area contributed by atoms with Crippen LogP contribution in [-0.4, -0.2) is 0 Å². The molecule has 0 aliphatic heterocycles. The van der Waals surface area contributed by atoms with Gasteiger partial charge in [-0.05, 0) is 22.6 Å². The fourth-order valence-electron chi connectivity index (χ4n) is 1.33. The third-order valence-corrected chi connectivity index (χ3v) is 2.26. The van der Waals surface area contributed by atoms with Crippen molar-refractivity contribution in [2.75, 3.05) is 0 Å². The van der Waals surface area contributed by atoms with Gasteiger partial charge in [0.2, 0.25) is 0 Å². The van der Waals surface area contributed by atoms with E-state index in [4.69, 9.17) is 5.73 Å². The lowest BCUT2D eigenvalue weighted by Crippen LogP contribution is -2.02. The Morgan fingerprint density at radius 2 is 2.00 bits per heavy atom. The molecule has 0 unspecified atom stereocenters. The summed E-state index contributed by atoms with van der Waals surface area (Å²) in [6.07, 6.45) is 0. The highest BCUT2D eigenvalue weighted by Crippen LogP contribution is 2.19. The lowest BCUT2D eigenvalue weighted by Gasteiger charge is -2.10. The molecule has 1 aromatic carbocycles. The summed E-state index contributed by atoms with van der Waals surface area (Å²) < 4.78 is 12.5. The highest BCUT2D eigenvalue weighted by atomic mass is 19.1. The van der Waals surface area contributed by atoms with E-state index in [9.17, 15) is 4.39 Å². The monoisotopic (exact) mass is 181 g/mol. The minimum absolute atomic E-state index is 0.416. The second-order valence-corrected chi connectivity index (χ2v) is 3.52.